The van der Waals surface area contributed by atoms with E-state index in [1.54, 1.807) is 0 Å². The SMILES string of the molecule is CCCC1CCC(C2CCC(C(F)(F)Oc3ccc(OC)c(F)c3F)CC2)CC1. The Morgan fingerprint density at radius 1 is 0.862 bits per heavy atom. The molecule has 164 valence electrons. The van der Waals surface area contributed by atoms with Gasteiger partial charge < -0.3 is 9.47 Å². The Labute approximate surface area is 171 Å². The molecule has 2 aliphatic rings. The van der Waals surface area contributed by atoms with Gasteiger partial charge in [0.05, 0.1) is 13.0 Å². The molecule has 0 aromatic heterocycles. The van der Waals surface area contributed by atoms with Crippen molar-refractivity contribution < 1.29 is 27.0 Å². The molecule has 2 aliphatic carbocycles. The van der Waals surface area contributed by atoms with Crippen molar-refractivity contribution in [3.63, 3.8) is 0 Å². The number of benzene rings is 1. The van der Waals surface area contributed by atoms with Gasteiger partial charge in [-0.05, 0) is 68.4 Å². The van der Waals surface area contributed by atoms with Crippen LogP contribution in [-0.2, 0) is 0 Å². The average molecular weight is 416 g/mol. The molecule has 0 unspecified atom stereocenters. The maximum Gasteiger partial charge on any atom is 0.400 e. The molecule has 0 aliphatic heterocycles. The molecule has 1 aromatic carbocycles. The fourth-order valence-electron chi connectivity index (χ4n) is 5.26. The highest BCUT2D eigenvalue weighted by molar-refractivity contribution is 5.35. The first kappa shape index (κ1) is 22.2. The van der Waals surface area contributed by atoms with Crippen LogP contribution in [0.2, 0.25) is 0 Å². The van der Waals surface area contributed by atoms with E-state index in [0.717, 1.165) is 30.9 Å². The van der Waals surface area contributed by atoms with Gasteiger partial charge in [0.15, 0.2) is 11.5 Å². The summed E-state index contributed by atoms with van der Waals surface area (Å²) in [5.74, 6) is -2.86. The van der Waals surface area contributed by atoms with Crippen LogP contribution in [0.1, 0.15) is 71.1 Å². The molecular weight excluding hydrogens is 384 g/mol. The molecular formula is C23H32F4O2. The van der Waals surface area contributed by atoms with Crippen molar-refractivity contribution >= 4 is 0 Å². The van der Waals surface area contributed by atoms with E-state index in [-0.39, 0.29) is 5.75 Å². The number of hydrogen-bond donors (Lipinski definition) is 0. The average Bonchev–Trinajstić information content (AvgIpc) is 2.72. The maximum atomic E-state index is 14.7. The maximum absolute atomic E-state index is 14.7. The van der Waals surface area contributed by atoms with Crippen LogP contribution in [0.4, 0.5) is 17.6 Å². The zero-order chi connectivity index (χ0) is 21.0. The monoisotopic (exact) mass is 416 g/mol. The summed E-state index contributed by atoms with van der Waals surface area (Å²) in [5, 5.41) is 0. The number of alkyl halides is 2. The fraction of sp³-hybridized carbons (Fsp3) is 0.739. The summed E-state index contributed by atoms with van der Waals surface area (Å²) in [6.45, 7) is 2.22. The van der Waals surface area contributed by atoms with Crippen LogP contribution in [0.3, 0.4) is 0 Å². The lowest BCUT2D eigenvalue weighted by molar-refractivity contribution is -0.225. The van der Waals surface area contributed by atoms with Gasteiger partial charge in [0.1, 0.15) is 0 Å². The van der Waals surface area contributed by atoms with E-state index >= 15 is 0 Å². The first-order valence-corrected chi connectivity index (χ1v) is 10.9. The Hall–Kier alpha value is -1.46. The van der Waals surface area contributed by atoms with Crippen LogP contribution in [0.5, 0.6) is 11.5 Å². The van der Waals surface area contributed by atoms with Crippen molar-refractivity contribution in [3.8, 4) is 11.5 Å². The van der Waals surface area contributed by atoms with Gasteiger partial charge in [0.2, 0.25) is 11.6 Å². The van der Waals surface area contributed by atoms with Crippen molar-refractivity contribution in [3.05, 3.63) is 23.8 Å². The molecule has 2 saturated carbocycles. The normalized spacial score (nSPS) is 28.2. The van der Waals surface area contributed by atoms with Crippen LogP contribution < -0.4 is 9.47 Å². The topological polar surface area (TPSA) is 18.5 Å². The second-order valence-corrected chi connectivity index (χ2v) is 8.74. The molecule has 0 bridgehead atoms. The summed E-state index contributed by atoms with van der Waals surface area (Å²) in [5.41, 5.74) is 0. The van der Waals surface area contributed by atoms with E-state index < -0.39 is 29.4 Å². The molecule has 0 radical (unpaired) electrons. The molecule has 29 heavy (non-hydrogen) atoms. The van der Waals surface area contributed by atoms with Crippen LogP contribution in [0.15, 0.2) is 12.1 Å². The molecule has 0 saturated heterocycles. The second-order valence-electron chi connectivity index (χ2n) is 8.74. The van der Waals surface area contributed by atoms with E-state index in [4.69, 9.17) is 0 Å². The quantitative estimate of drug-likeness (QED) is 0.432. The lowest BCUT2D eigenvalue weighted by atomic mass is 9.68. The highest BCUT2D eigenvalue weighted by atomic mass is 19.3. The summed E-state index contributed by atoms with van der Waals surface area (Å²) in [6, 6.07) is 2.08. The summed E-state index contributed by atoms with van der Waals surface area (Å²) in [6.07, 6.45) is 6.18. The first-order chi connectivity index (χ1) is 13.9. The Morgan fingerprint density at radius 3 is 1.93 bits per heavy atom. The highest BCUT2D eigenvalue weighted by Gasteiger charge is 2.45. The molecule has 3 rings (SSSR count). The third-order valence-electron chi connectivity index (χ3n) is 6.98. The summed E-state index contributed by atoms with van der Waals surface area (Å²) in [4.78, 5) is 0. The van der Waals surface area contributed by atoms with Gasteiger partial charge in [-0.2, -0.15) is 17.6 Å². The van der Waals surface area contributed by atoms with Gasteiger partial charge in [-0.15, -0.1) is 0 Å². The molecule has 0 spiro atoms. The molecule has 1 aromatic rings. The van der Waals surface area contributed by atoms with E-state index in [9.17, 15) is 17.6 Å². The van der Waals surface area contributed by atoms with Crippen molar-refractivity contribution in [1.29, 1.82) is 0 Å². The fourth-order valence-corrected chi connectivity index (χ4v) is 5.26. The molecule has 0 N–H and O–H groups in total. The van der Waals surface area contributed by atoms with Crippen molar-refractivity contribution in [2.24, 2.45) is 23.7 Å². The Balaban J connectivity index is 1.54. The molecule has 2 nitrogen and oxygen atoms in total. The Bertz CT molecular complexity index is 663. The van der Waals surface area contributed by atoms with Gasteiger partial charge in [0, 0.05) is 0 Å². The summed E-state index contributed by atoms with van der Waals surface area (Å²) >= 11 is 0. The molecule has 6 heteroatoms. The molecule has 0 atom stereocenters. The van der Waals surface area contributed by atoms with Crippen LogP contribution in [0, 0.1) is 35.3 Å². The lowest BCUT2D eigenvalue weighted by Crippen LogP contribution is -2.38. The number of hydrogen-bond acceptors (Lipinski definition) is 2. The number of rotatable bonds is 7. The third kappa shape index (κ3) is 5.18. The van der Waals surface area contributed by atoms with Crippen LogP contribution in [-0.4, -0.2) is 13.2 Å². The van der Waals surface area contributed by atoms with Crippen molar-refractivity contribution in [2.75, 3.05) is 7.11 Å². The van der Waals surface area contributed by atoms with Crippen LogP contribution in [0.25, 0.3) is 0 Å². The first-order valence-electron chi connectivity index (χ1n) is 10.9. The minimum Gasteiger partial charge on any atom is -0.494 e. The zero-order valence-corrected chi connectivity index (χ0v) is 17.4. The zero-order valence-electron chi connectivity index (χ0n) is 17.4. The predicted octanol–water partition coefficient (Wildman–Crippen LogP) is 7.36. The summed E-state index contributed by atoms with van der Waals surface area (Å²) < 4.78 is 66.4. The van der Waals surface area contributed by atoms with Crippen LogP contribution >= 0.6 is 0 Å². The van der Waals surface area contributed by atoms with Gasteiger partial charge in [0.25, 0.3) is 0 Å². The number of methoxy groups -OCH3 is 1. The lowest BCUT2D eigenvalue weighted by Gasteiger charge is -2.39. The minimum absolute atomic E-state index is 0.340. The summed E-state index contributed by atoms with van der Waals surface area (Å²) in [7, 11) is 1.18. The third-order valence-corrected chi connectivity index (χ3v) is 6.98. The standard InChI is InChI=1S/C23H32F4O2/c1-3-4-15-5-7-16(8-6-15)17-9-11-18(12-10-17)23(26,27)29-20-14-13-19(28-2)21(24)22(20)25/h13-18H,3-12H2,1-2H3. The van der Waals surface area contributed by atoms with E-state index in [1.165, 1.54) is 45.6 Å². The highest BCUT2D eigenvalue weighted by Crippen LogP contribution is 2.46. The number of halogens is 4. The van der Waals surface area contributed by atoms with Crippen molar-refractivity contribution in [2.45, 2.75) is 77.2 Å². The number of ether oxygens (including phenoxy) is 2. The van der Waals surface area contributed by atoms with Gasteiger partial charge >= 0.3 is 6.11 Å². The largest absolute Gasteiger partial charge is 0.494 e. The smallest absolute Gasteiger partial charge is 0.400 e. The molecule has 2 fully saturated rings. The Morgan fingerprint density at radius 2 is 1.38 bits per heavy atom. The van der Waals surface area contributed by atoms with Gasteiger partial charge in [-0.25, -0.2) is 0 Å². The van der Waals surface area contributed by atoms with E-state index in [0.29, 0.717) is 24.7 Å². The second kappa shape index (κ2) is 9.57. The molecule has 0 amide bonds. The van der Waals surface area contributed by atoms with E-state index in [1.807, 2.05) is 0 Å². The van der Waals surface area contributed by atoms with Crippen molar-refractivity contribution in [1.82, 2.24) is 0 Å². The van der Waals surface area contributed by atoms with E-state index in [2.05, 4.69) is 16.4 Å². The minimum atomic E-state index is -3.52. The Kier molecular flexibility index (Phi) is 7.33. The van der Waals surface area contributed by atoms with Gasteiger partial charge in [-0.3, -0.25) is 0 Å². The predicted molar refractivity (Wildman–Crippen MR) is 104 cm³/mol. The molecule has 0 heterocycles. The van der Waals surface area contributed by atoms with Gasteiger partial charge in [-0.1, -0.05) is 32.6 Å².